The molecule has 0 spiro atoms. The van der Waals surface area contributed by atoms with Crippen LogP contribution in [-0.4, -0.2) is 39.7 Å². The summed E-state index contributed by atoms with van der Waals surface area (Å²) in [5.41, 5.74) is 5.61. The number of nitrogens with two attached hydrogens (primary N) is 1. The van der Waals surface area contributed by atoms with Crippen molar-refractivity contribution in [3.05, 3.63) is 23.4 Å². The molecule has 3 amide bonds. The van der Waals surface area contributed by atoms with E-state index < -0.39 is 23.3 Å². The summed E-state index contributed by atoms with van der Waals surface area (Å²) >= 11 is 0. The molecule has 3 N–H and O–H groups in total. The van der Waals surface area contributed by atoms with Gasteiger partial charge in [-0.1, -0.05) is 6.92 Å². The Hall–Kier alpha value is -2.44. The van der Waals surface area contributed by atoms with Gasteiger partial charge in [0.15, 0.2) is 0 Å². The number of aromatic nitrogens is 1. The normalized spacial score (nSPS) is 17.6. The first-order valence-electron chi connectivity index (χ1n) is 6.68. The predicted molar refractivity (Wildman–Crippen MR) is 76.3 cm³/mol. The third kappa shape index (κ3) is 2.72. The summed E-state index contributed by atoms with van der Waals surface area (Å²) in [5, 5.41) is 2.23. The SMILES string of the molecule is CCc1cc(C(=O)N2CC(=O)NC(=O)C2(C)C)cc(N)n1. The number of piperazine rings is 1. The zero-order chi connectivity index (χ0) is 15.8. The second kappa shape index (κ2) is 5.16. The van der Waals surface area contributed by atoms with Crippen LogP contribution in [0.25, 0.3) is 0 Å². The number of imide groups is 1. The number of hydrogen-bond donors (Lipinski definition) is 2. The van der Waals surface area contributed by atoms with E-state index in [1.54, 1.807) is 19.9 Å². The first kappa shape index (κ1) is 15.0. The molecule has 0 aromatic carbocycles. The van der Waals surface area contributed by atoms with Crippen molar-refractivity contribution in [2.75, 3.05) is 12.3 Å². The molecule has 1 aliphatic heterocycles. The first-order valence-corrected chi connectivity index (χ1v) is 6.68. The Kier molecular flexibility index (Phi) is 3.67. The Morgan fingerprint density at radius 2 is 2.10 bits per heavy atom. The molecule has 0 bridgehead atoms. The summed E-state index contributed by atoms with van der Waals surface area (Å²) in [6.07, 6.45) is 0.633. The van der Waals surface area contributed by atoms with Crippen molar-refractivity contribution in [3.8, 4) is 0 Å². The van der Waals surface area contributed by atoms with E-state index in [1.165, 1.54) is 11.0 Å². The van der Waals surface area contributed by atoms with Crippen LogP contribution in [0.4, 0.5) is 5.82 Å². The molecule has 1 aromatic heterocycles. The first-order chi connectivity index (χ1) is 9.75. The van der Waals surface area contributed by atoms with E-state index in [0.717, 1.165) is 0 Å². The van der Waals surface area contributed by atoms with Crippen LogP contribution in [0.15, 0.2) is 12.1 Å². The number of nitrogens with one attached hydrogen (secondary N) is 1. The third-order valence-corrected chi connectivity index (χ3v) is 3.54. The fraction of sp³-hybridized carbons (Fsp3) is 0.429. The minimum absolute atomic E-state index is 0.165. The summed E-state index contributed by atoms with van der Waals surface area (Å²) in [6, 6.07) is 3.08. The van der Waals surface area contributed by atoms with Crippen LogP contribution in [0, 0.1) is 0 Å². The molecular formula is C14H18N4O3. The minimum Gasteiger partial charge on any atom is -0.384 e. The topological polar surface area (TPSA) is 105 Å². The summed E-state index contributed by atoms with van der Waals surface area (Å²) in [7, 11) is 0. The number of carbonyl (C=O) groups is 3. The Morgan fingerprint density at radius 1 is 1.43 bits per heavy atom. The largest absolute Gasteiger partial charge is 0.384 e. The van der Waals surface area contributed by atoms with Gasteiger partial charge in [0.05, 0.1) is 0 Å². The van der Waals surface area contributed by atoms with Gasteiger partial charge in [-0.15, -0.1) is 0 Å². The molecule has 1 fully saturated rings. The highest BCUT2D eigenvalue weighted by molar-refractivity contribution is 6.09. The van der Waals surface area contributed by atoms with E-state index >= 15 is 0 Å². The van der Waals surface area contributed by atoms with E-state index in [-0.39, 0.29) is 12.4 Å². The number of hydrogen-bond acceptors (Lipinski definition) is 5. The summed E-state index contributed by atoms with van der Waals surface area (Å²) < 4.78 is 0. The fourth-order valence-electron chi connectivity index (χ4n) is 2.18. The lowest BCUT2D eigenvalue weighted by molar-refractivity contribution is -0.143. The zero-order valence-corrected chi connectivity index (χ0v) is 12.3. The van der Waals surface area contributed by atoms with Crippen molar-refractivity contribution >= 4 is 23.5 Å². The number of aryl methyl sites for hydroxylation is 1. The van der Waals surface area contributed by atoms with Gasteiger partial charge in [-0.2, -0.15) is 0 Å². The van der Waals surface area contributed by atoms with Crippen LogP contribution < -0.4 is 11.1 Å². The lowest BCUT2D eigenvalue weighted by atomic mass is 9.97. The molecule has 1 aliphatic rings. The van der Waals surface area contributed by atoms with Gasteiger partial charge in [-0.05, 0) is 32.4 Å². The van der Waals surface area contributed by atoms with Gasteiger partial charge in [-0.25, -0.2) is 4.98 Å². The smallest absolute Gasteiger partial charge is 0.255 e. The monoisotopic (exact) mass is 290 g/mol. The van der Waals surface area contributed by atoms with Gasteiger partial charge >= 0.3 is 0 Å². The average molecular weight is 290 g/mol. The number of anilines is 1. The third-order valence-electron chi connectivity index (χ3n) is 3.54. The van der Waals surface area contributed by atoms with Crippen molar-refractivity contribution in [2.24, 2.45) is 0 Å². The van der Waals surface area contributed by atoms with Crippen LogP contribution >= 0.6 is 0 Å². The van der Waals surface area contributed by atoms with Crippen LogP contribution in [0.2, 0.25) is 0 Å². The average Bonchev–Trinajstić information content (AvgIpc) is 2.41. The maximum atomic E-state index is 12.6. The number of carbonyl (C=O) groups excluding carboxylic acids is 3. The molecule has 0 unspecified atom stereocenters. The Balaban J connectivity index is 2.40. The van der Waals surface area contributed by atoms with Gasteiger partial charge in [0.1, 0.15) is 17.9 Å². The second-order valence-electron chi connectivity index (χ2n) is 5.45. The molecule has 2 rings (SSSR count). The molecule has 7 heteroatoms. The van der Waals surface area contributed by atoms with Crippen LogP contribution in [0.1, 0.15) is 36.8 Å². The Labute approximate surface area is 122 Å². The maximum absolute atomic E-state index is 12.6. The Morgan fingerprint density at radius 3 is 2.71 bits per heavy atom. The van der Waals surface area contributed by atoms with Crippen LogP contribution in [0.5, 0.6) is 0 Å². The molecule has 0 aliphatic carbocycles. The molecular weight excluding hydrogens is 272 g/mol. The van der Waals surface area contributed by atoms with Crippen molar-refractivity contribution in [2.45, 2.75) is 32.7 Å². The van der Waals surface area contributed by atoms with Crippen molar-refractivity contribution in [1.82, 2.24) is 15.2 Å². The molecule has 1 aromatic rings. The highest BCUT2D eigenvalue weighted by Crippen LogP contribution is 2.22. The van der Waals surface area contributed by atoms with Crippen LogP contribution in [0.3, 0.4) is 0 Å². The second-order valence-corrected chi connectivity index (χ2v) is 5.45. The predicted octanol–water partition coefficient (Wildman–Crippen LogP) is 0.103. The molecule has 7 nitrogen and oxygen atoms in total. The molecule has 0 radical (unpaired) electrons. The van der Waals surface area contributed by atoms with Gasteiger partial charge in [0.25, 0.3) is 11.8 Å². The molecule has 2 heterocycles. The summed E-state index contributed by atoms with van der Waals surface area (Å²) in [5.74, 6) is -1.16. The molecule has 112 valence electrons. The van der Waals surface area contributed by atoms with E-state index in [1.807, 2.05) is 6.92 Å². The number of amides is 3. The van der Waals surface area contributed by atoms with E-state index in [2.05, 4.69) is 10.3 Å². The highest BCUT2D eigenvalue weighted by atomic mass is 16.2. The van der Waals surface area contributed by atoms with Crippen molar-refractivity contribution in [3.63, 3.8) is 0 Å². The lowest BCUT2D eigenvalue weighted by Gasteiger charge is -2.40. The van der Waals surface area contributed by atoms with Gasteiger partial charge in [-0.3, -0.25) is 19.7 Å². The van der Waals surface area contributed by atoms with Gasteiger partial charge in [0.2, 0.25) is 5.91 Å². The van der Waals surface area contributed by atoms with Gasteiger partial charge in [0, 0.05) is 11.3 Å². The van der Waals surface area contributed by atoms with E-state index in [0.29, 0.717) is 17.7 Å². The zero-order valence-electron chi connectivity index (χ0n) is 12.3. The van der Waals surface area contributed by atoms with E-state index in [4.69, 9.17) is 5.73 Å². The maximum Gasteiger partial charge on any atom is 0.255 e. The van der Waals surface area contributed by atoms with E-state index in [9.17, 15) is 14.4 Å². The standard InChI is InChI=1S/C14H18N4O3/c1-4-9-5-8(6-10(15)16-9)12(20)18-7-11(19)17-13(21)14(18,2)3/h5-6H,4,7H2,1-3H3,(H2,15,16)(H,17,19,21). The lowest BCUT2D eigenvalue weighted by Crippen LogP contribution is -2.65. The number of rotatable bonds is 2. The number of pyridine rings is 1. The van der Waals surface area contributed by atoms with Crippen molar-refractivity contribution in [1.29, 1.82) is 0 Å². The summed E-state index contributed by atoms with van der Waals surface area (Å²) in [6.45, 7) is 4.93. The quantitative estimate of drug-likeness (QED) is 0.752. The molecule has 21 heavy (non-hydrogen) atoms. The molecule has 0 atom stereocenters. The highest BCUT2D eigenvalue weighted by Gasteiger charge is 2.43. The fourth-order valence-corrected chi connectivity index (χ4v) is 2.18. The minimum atomic E-state index is -1.10. The summed E-state index contributed by atoms with van der Waals surface area (Å²) in [4.78, 5) is 41.4. The number of nitrogen functional groups attached to an aromatic ring is 1. The molecule has 0 saturated carbocycles. The van der Waals surface area contributed by atoms with Crippen LogP contribution in [-0.2, 0) is 16.0 Å². The number of nitrogens with zero attached hydrogens (tertiary/aromatic N) is 2. The van der Waals surface area contributed by atoms with Crippen molar-refractivity contribution < 1.29 is 14.4 Å². The Bertz CT molecular complexity index is 625. The van der Waals surface area contributed by atoms with Gasteiger partial charge < -0.3 is 10.6 Å². The molecule has 1 saturated heterocycles.